The molecule has 8 heteroatoms. The minimum absolute atomic E-state index is 0.0155. The summed E-state index contributed by atoms with van der Waals surface area (Å²) in [6, 6.07) is 5.57. The van der Waals surface area contributed by atoms with Gasteiger partial charge >= 0.3 is 0 Å². The van der Waals surface area contributed by atoms with Gasteiger partial charge in [0.05, 0.1) is 22.5 Å². The minimum atomic E-state index is -2.99. The van der Waals surface area contributed by atoms with Gasteiger partial charge in [-0.1, -0.05) is 12.1 Å². The lowest BCUT2D eigenvalue weighted by atomic mass is 10.2. The van der Waals surface area contributed by atoms with E-state index in [9.17, 15) is 13.2 Å². The Labute approximate surface area is 134 Å². The highest BCUT2D eigenvalue weighted by Gasteiger charge is 2.28. The highest BCUT2D eigenvalue weighted by Crippen LogP contribution is 2.15. The molecule has 0 unspecified atom stereocenters. The van der Waals surface area contributed by atoms with Crippen molar-refractivity contribution in [3.05, 3.63) is 29.6 Å². The second kappa shape index (κ2) is 6.29. The van der Waals surface area contributed by atoms with Crippen molar-refractivity contribution in [1.82, 2.24) is 15.3 Å². The van der Waals surface area contributed by atoms with Crippen molar-refractivity contribution in [2.45, 2.75) is 26.0 Å². The number of amides is 1. The van der Waals surface area contributed by atoms with Crippen molar-refractivity contribution in [2.75, 3.05) is 18.1 Å². The molecular formula is C15H19N3O4S. The molecule has 0 aliphatic carbocycles. The summed E-state index contributed by atoms with van der Waals surface area (Å²) in [6.45, 7) is 2.06. The van der Waals surface area contributed by atoms with E-state index in [-0.39, 0.29) is 36.7 Å². The van der Waals surface area contributed by atoms with Gasteiger partial charge in [-0.3, -0.25) is 4.79 Å². The number of nitrogens with zero attached hydrogens (tertiary/aromatic N) is 1. The first-order chi connectivity index (χ1) is 10.9. The molecule has 1 aliphatic heterocycles. The second-order valence-corrected chi connectivity index (χ2v) is 8.04. The number of aromatic nitrogens is 2. The Morgan fingerprint density at radius 3 is 3.00 bits per heavy atom. The summed E-state index contributed by atoms with van der Waals surface area (Å²) in [5, 5.41) is 2.68. The first-order valence-corrected chi connectivity index (χ1v) is 9.27. The Morgan fingerprint density at radius 1 is 1.48 bits per heavy atom. The predicted molar refractivity (Wildman–Crippen MR) is 85.7 cm³/mol. The lowest BCUT2D eigenvalue weighted by Crippen LogP contribution is -2.37. The van der Waals surface area contributed by atoms with Gasteiger partial charge in [-0.25, -0.2) is 13.4 Å². The highest BCUT2D eigenvalue weighted by molar-refractivity contribution is 7.91. The quantitative estimate of drug-likeness (QED) is 0.836. The van der Waals surface area contributed by atoms with Gasteiger partial charge in [-0.15, -0.1) is 0 Å². The van der Waals surface area contributed by atoms with E-state index in [2.05, 4.69) is 15.3 Å². The van der Waals surface area contributed by atoms with Crippen LogP contribution in [0.4, 0.5) is 0 Å². The molecular weight excluding hydrogens is 318 g/mol. The molecule has 124 valence electrons. The zero-order valence-electron chi connectivity index (χ0n) is 12.8. The van der Waals surface area contributed by atoms with Crippen LogP contribution >= 0.6 is 0 Å². The van der Waals surface area contributed by atoms with E-state index in [4.69, 9.17) is 4.74 Å². The molecule has 1 aliphatic rings. The van der Waals surface area contributed by atoms with Gasteiger partial charge in [-0.2, -0.15) is 0 Å². The zero-order chi connectivity index (χ0) is 16.4. The molecule has 1 fully saturated rings. The Hall–Kier alpha value is -1.93. The summed E-state index contributed by atoms with van der Waals surface area (Å²) in [7, 11) is -2.99. The van der Waals surface area contributed by atoms with Crippen LogP contribution in [0, 0.1) is 6.92 Å². The lowest BCUT2D eigenvalue weighted by molar-refractivity contribution is -0.126. The fourth-order valence-corrected chi connectivity index (χ4v) is 4.39. The fourth-order valence-electron chi connectivity index (χ4n) is 2.71. The number of sulfone groups is 1. The van der Waals surface area contributed by atoms with E-state index in [0.29, 0.717) is 12.2 Å². The molecule has 0 saturated carbocycles. The number of ether oxygens (including phenoxy) is 1. The molecule has 7 nitrogen and oxygen atoms in total. The van der Waals surface area contributed by atoms with Crippen molar-refractivity contribution in [1.29, 1.82) is 0 Å². The Morgan fingerprint density at radius 2 is 2.30 bits per heavy atom. The van der Waals surface area contributed by atoms with Gasteiger partial charge in [0.25, 0.3) is 0 Å². The largest absolute Gasteiger partial charge is 0.364 e. The molecule has 1 aromatic heterocycles. The van der Waals surface area contributed by atoms with Crippen LogP contribution in [-0.4, -0.2) is 48.4 Å². The number of fused-ring (bicyclic) bond motifs is 1. The van der Waals surface area contributed by atoms with E-state index in [0.717, 1.165) is 16.6 Å². The Kier molecular flexibility index (Phi) is 4.36. The molecule has 2 aromatic rings. The number of aromatic amines is 1. The third kappa shape index (κ3) is 3.89. The number of nitrogens with one attached hydrogen (secondary N) is 2. The van der Waals surface area contributed by atoms with Gasteiger partial charge in [0, 0.05) is 6.04 Å². The molecule has 0 spiro atoms. The number of para-hydroxylation sites is 1. The molecule has 1 atom stereocenters. The van der Waals surface area contributed by atoms with Crippen molar-refractivity contribution >= 4 is 26.8 Å². The highest BCUT2D eigenvalue weighted by atomic mass is 32.2. The summed E-state index contributed by atoms with van der Waals surface area (Å²) < 4.78 is 28.0. The van der Waals surface area contributed by atoms with Crippen molar-refractivity contribution in [3.63, 3.8) is 0 Å². The number of hydrogen-bond donors (Lipinski definition) is 2. The first kappa shape index (κ1) is 15.9. The van der Waals surface area contributed by atoms with Crippen LogP contribution in [0.2, 0.25) is 0 Å². The average Bonchev–Trinajstić information content (AvgIpc) is 3.03. The van der Waals surface area contributed by atoms with Gasteiger partial charge in [0.1, 0.15) is 19.0 Å². The third-order valence-corrected chi connectivity index (χ3v) is 5.60. The number of hydrogen-bond acceptors (Lipinski definition) is 5. The number of carbonyl (C=O) groups is 1. The van der Waals surface area contributed by atoms with Crippen LogP contribution in [0.5, 0.6) is 0 Å². The van der Waals surface area contributed by atoms with E-state index in [1.165, 1.54) is 0 Å². The van der Waals surface area contributed by atoms with E-state index in [1.807, 2.05) is 25.1 Å². The standard InChI is InChI=1S/C15H19N3O4S/c1-10-3-2-4-12-15(10)18-13(17-12)7-22-8-14(19)16-11-5-6-23(20,21)9-11/h2-4,11H,5-9H2,1H3,(H,16,19)(H,17,18)/t11-/m0/s1. The molecule has 2 heterocycles. The van der Waals surface area contributed by atoms with E-state index < -0.39 is 9.84 Å². The summed E-state index contributed by atoms with van der Waals surface area (Å²) in [5.41, 5.74) is 2.90. The first-order valence-electron chi connectivity index (χ1n) is 7.45. The van der Waals surface area contributed by atoms with Crippen LogP contribution in [-0.2, 0) is 26.0 Å². The normalized spacial score (nSPS) is 20.0. The van der Waals surface area contributed by atoms with Crippen LogP contribution < -0.4 is 5.32 Å². The molecule has 23 heavy (non-hydrogen) atoms. The topological polar surface area (TPSA) is 101 Å². The number of carbonyl (C=O) groups excluding carboxylic acids is 1. The molecule has 0 radical (unpaired) electrons. The zero-order valence-corrected chi connectivity index (χ0v) is 13.6. The predicted octanol–water partition coefficient (Wildman–Crippen LogP) is 0.691. The summed E-state index contributed by atoms with van der Waals surface area (Å²) >= 11 is 0. The number of imidazole rings is 1. The van der Waals surface area contributed by atoms with Crippen LogP contribution in [0.3, 0.4) is 0 Å². The van der Waals surface area contributed by atoms with Crippen LogP contribution in [0.1, 0.15) is 17.8 Å². The van der Waals surface area contributed by atoms with Crippen LogP contribution in [0.15, 0.2) is 18.2 Å². The van der Waals surface area contributed by atoms with Crippen LogP contribution in [0.25, 0.3) is 11.0 Å². The fraction of sp³-hybridized carbons (Fsp3) is 0.467. The molecule has 1 saturated heterocycles. The van der Waals surface area contributed by atoms with E-state index >= 15 is 0 Å². The summed E-state index contributed by atoms with van der Waals surface area (Å²) in [5.74, 6) is 0.503. The minimum Gasteiger partial charge on any atom is -0.364 e. The van der Waals surface area contributed by atoms with Crippen molar-refractivity contribution < 1.29 is 17.9 Å². The molecule has 2 N–H and O–H groups in total. The smallest absolute Gasteiger partial charge is 0.246 e. The van der Waals surface area contributed by atoms with Crippen molar-refractivity contribution in [2.24, 2.45) is 0 Å². The van der Waals surface area contributed by atoms with Gasteiger partial charge in [0.15, 0.2) is 9.84 Å². The maximum atomic E-state index is 11.8. The van der Waals surface area contributed by atoms with Crippen molar-refractivity contribution in [3.8, 4) is 0 Å². The summed E-state index contributed by atoms with van der Waals surface area (Å²) in [6.07, 6.45) is 0.469. The van der Waals surface area contributed by atoms with Gasteiger partial charge < -0.3 is 15.0 Å². The lowest BCUT2D eigenvalue weighted by Gasteiger charge is -2.10. The second-order valence-electron chi connectivity index (χ2n) is 5.81. The van der Waals surface area contributed by atoms with Gasteiger partial charge in [0.2, 0.25) is 5.91 Å². The number of benzene rings is 1. The number of aryl methyl sites for hydroxylation is 1. The molecule has 1 aromatic carbocycles. The Balaban J connectivity index is 1.49. The monoisotopic (exact) mass is 337 g/mol. The number of rotatable bonds is 5. The molecule has 1 amide bonds. The molecule has 3 rings (SSSR count). The van der Waals surface area contributed by atoms with Gasteiger partial charge in [-0.05, 0) is 25.0 Å². The average molecular weight is 337 g/mol. The SMILES string of the molecule is Cc1cccc2[nH]c(COCC(=O)N[C@H]3CCS(=O)(=O)C3)nc12. The number of H-pyrrole nitrogens is 1. The molecule has 0 bridgehead atoms. The maximum absolute atomic E-state index is 11.8. The summed E-state index contributed by atoms with van der Waals surface area (Å²) in [4.78, 5) is 19.4. The Bertz CT molecular complexity index is 828. The third-order valence-electron chi connectivity index (χ3n) is 3.83. The maximum Gasteiger partial charge on any atom is 0.246 e. The van der Waals surface area contributed by atoms with E-state index in [1.54, 1.807) is 0 Å².